The maximum absolute atomic E-state index is 9.59. The summed E-state index contributed by atoms with van der Waals surface area (Å²) in [5.74, 6) is 0.729. The molecular weight excluding hydrogens is 276 g/mol. The quantitative estimate of drug-likeness (QED) is 0.783. The third kappa shape index (κ3) is 3.35. The first kappa shape index (κ1) is 14.4. The molecule has 3 aromatic rings. The van der Waals surface area contributed by atoms with Crippen LogP contribution in [0.5, 0.6) is 5.75 Å². The van der Waals surface area contributed by atoms with Gasteiger partial charge in [0.25, 0.3) is 0 Å². The van der Waals surface area contributed by atoms with Crippen LogP contribution in [0.3, 0.4) is 0 Å². The highest BCUT2D eigenvalue weighted by Gasteiger charge is 2.04. The van der Waals surface area contributed by atoms with Gasteiger partial charge in [0.15, 0.2) is 0 Å². The van der Waals surface area contributed by atoms with Crippen molar-refractivity contribution in [1.29, 1.82) is 0 Å². The standard InChI is InChI=1S/C18H18N2O2/c1-14(21)15-6-5-9-18(12-15)22-13-16-10-11-20(19-16)17-7-3-2-4-8-17/h2-12,14,21H,13H2,1H3. The monoisotopic (exact) mass is 294 g/mol. The lowest BCUT2D eigenvalue weighted by atomic mass is 10.1. The van der Waals surface area contributed by atoms with E-state index in [4.69, 9.17) is 4.74 Å². The number of para-hydroxylation sites is 1. The van der Waals surface area contributed by atoms with Crippen LogP contribution in [-0.4, -0.2) is 14.9 Å². The van der Waals surface area contributed by atoms with Gasteiger partial charge >= 0.3 is 0 Å². The van der Waals surface area contributed by atoms with E-state index in [0.717, 1.165) is 22.7 Å². The van der Waals surface area contributed by atoms with Crippen molar-refractivity contribution in [2.75, 3.05) is 0 Å². The van der Waals surface area contributed by atoms with Gasteiger partial charge in [-0.05, 0) is 42.8 Å². The Morgan fingerprint density at radius 1 is 1.09 bits per heavy atom. The molecule has 4 heteroatoms. The Labute approximate surface area is 129 Å². The Kier molecular flexibility index (Phi) is 4.21. The first-order chi connectivity index (χ1) is 10.7. The van der Waals surface area contributed by atoms with Crippen molar-refractivity contribution in [3.63, 3.8) is 0 Å². The number of rotatable bonds is 5. The van der Waals surface area contributed by atoms with Crippen LogP contribution in [0.4, 0.5) is 0 Å². The van der Waals surface area contributed by atoms with Crippen LogP contribution in [0.15, 0.2) is 66.9 Å². The lowest BCUT2D eigenvalue weighted by Crippen LogP contribution is -2.00. The minimum absolute atomic E-state index is 0.392. The second kappa shape index (κ2) is 6.45. The minimum atomic E-state index is -0.499. The molecule has 0 spiro atoms. The van der Waals surface area contributed by atoms with Crippen LogP contribution in [0.25, 0.3) is 5.69 Å². The normalized spacial score (nSPS) is 12.1. The molecule has 4 nitrogen and oxygen atoms in total. The summed E-state index contributed by atoms with van der Waals surface area (Å²) in [7, 11) is 0. The molecule has 0 fully saturated rings. The number of nitrogens with zero attached hydrogens (tertiary/aromatic N) is 2. The van der Waals surface area contributed by atoms with Crippen LogP contribution in [0.2, 0.25) is 0 Å². The van der Waals surface area contributed by atoms with Crippen molar-refractivity contribution in [3.8, 4) is 11.4 Å². The summed E-state index contributed by atoms with van der Waals surface area (Å²) in [6.07, 6.45) is 1.42. The van der Waals surface area contributed by atoms with E-state index < -0.39 is 6.10 Å². The van der Waals surface area contributed by atoms with E-state index in [0.29, 0.717) is 6.61 Å². The fourth-order valence-electron chi connectivity index (χ4n) is 2.18. The number of aromatic nitrogens is 2. The van der Waals surface area contributed by atoms with E-state index in [9.17, 15) is 5.11 Å². The highest BCUT2D eigenvalue weighted by atomic mass is 16.5. The topological polar surface area (TPSA) is 47.3 Å². The Hall–Kier alpha value is -2.59. The van der Waals surface area contributed by atoms with E-state index in [1.54, 1.807) is 6.92 Å². The second-order valence-electron chi connectivity index (χ2n) is 5.12. The Bertz CT molecular complexity index is 736. The summed E-state index contributed by atoms with van der Waals surface area (Å²) in [6.45, 7) is 2.13. The number of aliphatic hydroxyl groups is 1. The smallest absolute Gasteiger partial charge is 0.132 e. The molecular formula is C18H18N2O2. The molecule has 2 aromatic carbocycles. The van der Waals surface area contributed by atoms with Gasteiger partial charge in [0.1, 0.15) is 18.1 Å². The number of ether oxygens (including phenoxy) is 1. The van der Waals surface area contributed by atoms with Gasteiger partial charge in [-0.3, -0.25) is 0 Å². The van der Waals surface area contributed by atoms with Gasteiger partial charge in [-0.2, -0.15) is 5.10 Å². The molecule has 0 saturated heterocycles. The van der Waals surface area contributed by atoms with Crippen molar-refractivity contribution in [2.24, 2.45) is 0 Å². The predicted octanol–water partition coefficient (Wildman–Crippen LogP) is 3.50. The maximum atomic E-state index is 9.59. The minimum Gasteiger partial charge on any atom is -0.487 e. The first-order valence-corrected chi connectivity index (χ1v) is 7.23. The van der Waals surface area contributed by atoms with Crippen molar-refractivity contribution in [2.45, 2.75) is 19.6 Å². The number of hydrogen-bond acceptors (Lipinski definition) is 3. The lowest BCUT2D eigenvalue weighted by molar-refractivity contribution is 0.198. The molecule has 3 rings (SSSR count). The lowest BCUT2D eigenvalue weighted by Gasteiger charge is -2.08. The third-order valence-corrected chi connectivity index (χ3v) is 3.39. The fraction of sp³-hybridized carbons (Fsp3) is 0.167. The average molecular weight is 294 g/mol. The van der Waals surface area contributed by atoms with Crippen LogP contribution >= 0.6 is 0 Å². The van der Waals surface area contributed by atoms with E-state index in [1.165, 1.54) is 0 Å². The second-order valence-corrected chi connectivity index (χ2v) is 5.12. The van der Waals surface area contributed by atoms with Gasteiger partial charge in [0.05, 0.1) is 11.8 Å². The molecule has 22 heavy (non-hydrogen) atoms. The molecule has 0 radical (unpaired) electrons. The predicted molar refractivity (Wildman–Crippen MR) is 85.0 cm³/mol. The van der Waals surface area contributed by atoms with Gasteiger partial charge in [0, 0.05) is 6.20 Å². The van der Waals surface area contributed by atoms with E-state index >= 15 is 0 Å². The summed E-state index contributed by atoms with van der Waals surface area (Å²) in [5.41, 5.74) is 2.71. The highest BCUT2D eigenvalue weighted by molar-refractivity contribution is 5.31. The summed E-state index contributed by atoms with van der Waals surface area (Å²) >= 11 is 0. The molecule has 1 N–H and O–H groups in total. The number of aliphatic hydroxyl groups excluding tert-OH is 1. The molecule has 0 amide bonds. The van der Waals surface area contributed by atoms with E-state index in [2.05, 4.69) is 5.10 Å². The summed E-state index contributed by atoms with van der Waals surface area (Å²) in [5, 5.41) is 14.1. The maximum Gasteiger partial charge on any atom is 0.132 e. The zero-order valence-corrected chi connectivity index (χ0v) is 12.4. The summed E-state index contributed by atoms with van der Waals surface area (Å²) in [6, 6.07) is 19.4. The third-order valence-electron chi connectivity index (χ3n) is 3.39. The molecule has 0 bridgehead atoms. The zero-order chi connectivity index (χ0) is 15.4. The Morgan fingerprint density at radius 3 is 2.68 bits per heavy atom. The Balaban J connectivity index is 1.67. The number of benzene rings is 2. The molecule has 0 saturated carbocycles. The molecule has 1 atom stereocenters. The van der Waals surface area contributed by atoms with Crippen molar-refractivity contribution in [1.82, 2.24) is 9.78 Å². The largest absolute Gasteiger partial charge is 0.487 e. The van der Waals surface area contributed by atoms with Gasteiger partial charge in [-0.1, -0.05) is 30.3 Å². The zero-order valence-electron chi connectivity index (χ0n) is 12.4. The van der Waals surface area contributed by atoms with E-state index in [1.807, 2.05) is 71.5 Å². The molecule has 112 valence electrons. The molecule has 0 aliphatic heterocycles. The average Bonchev–Trinajstić information content (AvgIpc) is 3.03. The summed E-state index contributed by atoms with van der Waals surface area (Å²) in [4.78, 5) is 0. The molecule has 0 aliphatic carbocycles. The van der Waals surface area contributed by atoms with Crippen LogP contribution in [-0.2, 0) is 6.61 Å². The van der Waals surface area contributed by atoms with Gasteiger partial charge in [-0.15, -0.1) is 0 Å². The summed E-state index contributed by atoms with van der Waals surface area (Å²) < 4.78 is 7.57. The van der Waals surface area contributed by atoms with Gasteiger partial charge < -0.3 is 9.84 Å². The number of hydrogen-bond donors (Lipinski definition) is 1. The SMILES string of the molecule is CC(O)c1cccc(OCc2ccn(-c3ccccc3)n2)c1. The first-order valence-electron chi connectivity index (χ1n) is 7.23. The van der Waals surface area contributed by atoms with Gasteiger partial charge in [-0.25, -0.2) is 4.68 Å². The fourth-order valence-corrected chi connectivity index (χ4v) is 2.18. The molecule has 1 unspecified atom stereocenters. The van der Waals surface area contributed by atoms with Crippen LogP contribution < -0.4 is 4.74 Å². The van der Waals surface area contributed by atoms with Crippen LogP contribution in [0, 0.1) is 0 Å². The molecule has 1 aromatic heterocycles. The van der Waals surface area contributed by atoms with Crippen molar-refractivity contribution in [3.05, 3.63) is 78.1 Å². The van der Waals surface area contributed by atoms with Crippen molar-refractivity contribution < 1.29 is 9.84 Å². The molecule has 0 aliphatic rings. The van der Waals surface area contributed by atoms with E-state index in [-0.39, 0.29) is 0 Å². The highest BCUT2D eigenvalue weighted by Crippen LogP contribution is 2.19. The molecule has 1 heterocycles. The van der Waals surface area contributed by atoms with Crippen LogP contribution in [0.1, 0.15) is 24.3 Å². The Morgan fingerprint density at radius 2 is 1.91 bits per heavy atom. The van der Waals surface area contributed by atoms with Gasteiger partial charge in [0.2, 0.25) is 0 Å². The van der Waals surface area contributed by atoms with Crippen molar-refractivity contribution >= 4 is 0 Å².